The van der Waals surface area contributed by atoms with E-state index in [4.69, 9.17) is 4.74 Å². The molecule has 1 atom stereocenters. The average Bonchev–Trinajstić information content (AvgIpc) is 2.56. The lowest BCUT2D eigenvalue weighted by Gasteiger charge is -2.14. The highest BCUT2D eigenvalue weighted by atomic mass is 16.5. The Kier molecular flexibility index (Phi) is 6.82. The number of carbonyl (C=O) groups is 1. The van der Waals surface area contributed by atoms with Crippen molar-refractivity contribution in [1.29, 1.82) is 0 Å². The van der Waals surface area contributed by atoms with Gasteiger partial charge < -0.3 is 10.1 Å². The van der Waals surface area contributed by atoms with Crippen LogP contribution in [0.5, 0.6) is 0 Å². The normalized spacial score (nSPS) is 11.9. The molecular formula is C20H25NO2. The highest BCUT2D eigenvalue weighted by Gasteiger charge is 2.06. The number of ether oxygens (including phenoxy) is 1. The molecule has 3 heteroatoms. The van der Waals surface area contributed by atoms with E-state index in [1.54, 1.807) is 0 Å². The number of hydrogen-bond donors (Lipinski definition) is 1. The smallest absolute Gasteiger partial charge is 0.309 e. The first kappa shape index (κ1) is 17.2. The highest BCUT2D eigenvalue weighted by molar-refractivity contribution is 5.72. The van der Waals surface area contributed by atoms with Crippen LogP contribution in [-0.2, 0) is 28.8 Å². The Morgan fingerprint density at radius 2 is 1.74 bits per heavy atom. The zero-order chi connectivity index (χ0) is 16.5. The van der Waals surface area contributed by atoms with E-state index in [2.05, 4.69) is 48.6 Å². The third kappa shape index (κ3) is 6.25. The standard InChI is InChI=1S/C20H25NO2/c1-16(21-12-11-17-7-4-3-5-8-17)13-18-9-6-10-19(14-18)15-20(22)23-2/h3-10,14,16,21H,11-13,15H2,1-2H3. The van der Waals surface area contributed by atoms with Crippen molar-refractivity contribution >= 4 is 5.97 Å². The first-order chi connectivity index (χ1) is 11.2. The van der Waals surface area contributed by atoms with E-state index in [0.717, 1.165) is 24.9 Å². The molecule has 0 bridgehead atoms. The lowest BCUT2D eigenvalue weighted by atomic mass is 10.0. The Labute approximate surface area is 138 Å². The van der Waals surface area contributed by atoms with Crippen LogP contribution in [0.3, 0.4) is 0 Å². The SMILES string of the molecule is COC(=O)Cc1cccc(CC(C)NCCc2ccccc2)c1. The minimum absolute atomic E-state index is 0.198. The van der Waals surface area contributed by atoms with Gasteiger partial charge in [-0.2, -0.15) is 0 Å². The van der Waals surface area contributed by atoms with E-state index in [-0.39, 0.29) is 5.97 Å². The molecule has 0 spiro atoms. The molecule has 1 N–H and O–H groups in total. The van der Waals surface area contributed by atoms with E-state index in [1.165, 1.54) is 18.2 Å². The Balaban J connectivity index is 1.79. The van der Waals surface area contributed by atoms with Crippen molar-refractivity contribution in [3.8, 4) is 0 Å². The second kappa shape index (κ2) is 9.11. The summed E-state index contributed by atoms with van der Waals surface area (Å²) in [6.07, 6.45) is 2.32. The van der Waals surface area contributed by atoms with Gasteiger partial charge in [-0.25, -0.2) is 0 Å². The van der Waals surface area contributed by atoms with Gasteiger partial charge in [0.1, 0.15) is 0 Å². The molecule has 23 heavy (non-hydrogen) atoms. The second-order valence-corrected chi connectivity index (χ2v) is 5.87. The van der Waals surface area contributed by atoms with Gasteiger partial charge in [-0.1, -0.05) is 54.6 Å². The molecule has 0 saturated heterocycles. The van der Waals surface area contributed by atoms with Crippen LogP contribution in [0.2, 0.25) is 0 Å². The molecule has 0 aromatic heterocycles. The molecular weight excluding hydrogens is 286 g/mol. The molecule has 0 heterocycles. The predicted molar refractivity (Wildman–Crippen MR) is 93.5 cm³/mol. The number of nitrogens with one attached hydrogen (secondary N) is 1. The van der Waals surface area contributed by atoms with Crippen molar-refractivity contribution in [2.24, 2.45) is 0 Å². The summed E-state index contributed by atoms with van der Waals surface area (Å²) in [5.74, 6) is -0.198. The maximum Gasteiger partial charge on any atom is 0.309 e. The molecule has 0 fully saturated rings. The van der Waals surface area contributed by atoms with Gasteiger partial charge in [0, 0.05) is 6.04 Å². The summed E-state index contributed by atoms with van der Waals surface area (Å²) in [7, 11) is 1.42. The summed E-state index contributed by atoms with van der Waals surface area (Å²) < 4.78 is 4.72. The third-order valence-corrected chi connectivity index (χ3v) is 3.86. The van der Waals surface area contributed by atoms with Crippen LogP contribution in [0.1, 0.15) is 23.6 Å². The van der Waals surface area contributed by atoms with Gasteiger partial charge in [0.2, 0.25) is 0 Å². The summed E-state index contributed by atoms with van der Waals surface area (Å²) in [4.78, 5) is 11.4. The molecule has 0 aliphatic heterocycles. The molecule has 1 unspecified atom stereocenters. The van der Waals surface area contributed by atoms with Gasteiger partial charge in [-0.15, -0.1) is 0 Å². The van der Waals surface area contributed by atoms with E-state index >= 15 is 0 Å². The maximum atomic E-state index is 11.4. The highest BCUT2D eigenvalue weighted by Crippen LogP contribution is 2.09. The largest absolute Gasteiger partial charge is 0.469 e. The van der Waals surface area contributed by atoms with Crippen LogP contribution in [0, 0.1) is 0 Å². The van der Waals surface area contributed by atoms with Crippen LogP contribution >= 0.6 is 0 Å². The summed E-state index contributed by atoms with van der Waals surface area (Å²) in [6.45, 7) is 3.16. The second-order valence-electron chi connectivity index (χ2n) is 5.87. The first-order valence-electron chi connectivity index (χ1n) is 8.09. The van der Waals surface area contributed by atoms with Crippen molar-refractivity contribution in [3.05, 3.63) is 71.3 Å². The summed E-state index contributed by atoms with van der Waals surface area (Å²) >= 11 is 0. The van der Waals surface area contributed by atoms with Gasteiger partial charge in [0.05, 0.1) is 13.5 Å². The fraction of sp³-hybridized carbons (Fsp3) is 0.350. The molecule has 2 aromatic carbocycles. The topological polar surface area (TPSA) is 38.3 Å². The number of hydrogen-bond acceptors (Lipinski definition) is 3. The Morgan fingerprint density at radius 3 is 2.48 bits per heavy atom. The van der Waals surface area contributed by atoms with E-state index in [9.17, 15) is 4.79 Å². The fourth-order valence-electron chi connectivity index (χ4n) is 2.64. The molecule has 3 nitrogen and oxygen atoms in total. The number of carbonyl (C=O) groups excluding carboxylic acids is 1. The quantitative estimate of drug-likeness (QED) is 0.761. The summed E-state index contributed by atoms with van der Waals surface area (Å²) in [5.41, 5.74) is 3.60. The average molecular weight is 311 g/mol. The van der Waals surface area contributed by atoms with Crippen LogP contribution in [0.25, 0.3) is 0 Å². The number of benzene rings is 2. The lowest BCUT2D eigenvalue weighted by Crippen LogP contribution is -2.30. The molecule has 0 amide bonds. The van der Waals surface area contributed by atoms with Crippen molar-refractivity contribution in [1.82, 2.24) is 5.32 Å². The summed E-state index contributed by atoms with van der Waals surface area (Å²) in [5, 5.41) is 3.56. The van der Waals surface area contributed by atoms with Crippen LogP contribution < -0.4 is 5.32 Å². The van der Waals surface area contributed by atoms with Gasteiger partial charge >= 0.3 is 5.97 Å². The summed E-state index contributed by atoms with van der Waals surface area (Å²) in [6, 6.07) is 19.1. The first-order valence-corrected chi connectivity index (χ1v) is 8.09. The zero-order valence-corrected chi connectivity index (χ0v) is 13.9. The predicted octanol–water partition coefficient (Wildman–Crippen LogP) is 3.17. The minimum Gasteiger partial charge on any atom is -0.469 e. The van der Waals surface area contributed by atoms with Crippen molar-refractivity contribution in [2.75, 3.05) is 13.7 Å². The maximum absolute atomic E-state index is 11.4. The minimum atomic E-state index is -0.198. The monoisotopic (exact) mass is 311 g/mol. The van der Waals surface area contributed by atoms with Crippen LogP contribution in [0.4, 0.5) is 0 Å². The van der Waals surface area contributed by atoms with Gasteiger partial charge in [0.25, 0.3) is 0 Å². The van der Waals surface area contributed by atoms with Crippen molar-refractivity contribution < 1.29 is 9.53 Å². The van der Waals surface area contributed by atoms with E-state index in [1.807, 2.05) is 18.2 Å². The molecule has 0 aliphatic rings. The molecule has 0 aliphatic carbocycles. The number of esters is 1. The van der Waals surface area contributed by atoms with Crippen molar-refractivity contribution in [2.45, 2.75) is 32.2 Å². The van der Waals surface area contributed by atoms with Gasteiger partial charge in [0.15, 0.2) is 0 Å². The fourth-order valence-corrected chi connectivity index (χ4v) is 2.64. The lowest BCUT2D eigenvalue weighted by molar-refractivity contribution is -0.139. The Morgan fingerprint density at radius 1 is 1.04 bits per heavy atom. The van der Waals surface area contributed by atoms with Gasteiger partial charge in [-0.05, 0) is 43.0 Å². The zero-order valence-electron chi connectivity index (χ0n) is 13.9. The molecule has 122 valence electrons. The van der Waals surface area contributed by atoms with E-state index in [0.29, 0.717) is 12.5 Å². The van der Waals surface area contributed by atoms with Crippen LogP contribution in [0.15, 0.2) is 54.6 Å². The molecule has 2 rings (SSSR count). The molecule has 0 saturated carbocycles. The van der Waals surface area contributed by atoms with Crippen molar-refractivity contribution in [3.63, 3.8) is 0 Å². The number of methoxy groups -OCH3 is 1. The van der Waals surface area contributed by atoms with E-state index < -0.39 is 0 Å². The number of rotatable bonds is 8. The molecule has 0 radical (unpaired) electrons. The molecule has 2 aromatic rings. The Hall–Kier alpha value is -2.13. The third-order valence-electron chi connectivity index (χ3n) is 3.86. The van der Waals surface area contributed by atoms with Crippen LogP contribution in [-0.4, -0.2) is 25.7 Å². The van der Waals surface area contributed by atoms with Gasteiger partial charge in [-0.3, -0.25) is 4.79 Å². The Bertz CT molecular complexity index is 610.